The Labute approximate surface area is 154 Å². The molecule has 0 radical (unpaired) electrons. The number of carboxylic acid groups (broad SMARTS) is 1. The van der Waals surface area contributed by atoms with Gasteiger partial charge in [-0.1, -0.05) is 31.4 Å². The van der Waals surface area contributed by atoms with Crippen molar-refractivity contribution in [3.05, 3.63) is 29.8 Å². The van der Waals surface area contributed by atoms with Crippen LogP contribution in [0.5, 0.6) is 0 Å². The van der Waals surface area contributed by atoms with Gasteiger partial charge in [-0.25, -0.2) is 0 Å². The summed E-state index contributed by atoms with van der Waals surface area (Å²) in [5.74, 6) is -1.43. The molecule has 0 heterocycles. The number of benzene rings is 1. The molecule has 0 spiro atoms. The molecule has 0 bridgehead atoms. The van der Waals surface area contributed by atoms with Gasteiger partial charge in [-0.15, -0.1) is 0 Å². The van der Waals surface area contributed by atoms with E-state index < -0.39 is 17.9 Å². The Kier molecular flexibility index (Phi) is 7.18. The first kappa shape index (κ1) is 19.9. The number of carboxylic acids is 1. The first-order chi connectivity index (χ1) is 12.4. The molecule has 2 rings (SSSR count). The fraction of sp³-hybridized carbons (Fsp3) is 0.550. The molecule has 1 aromatic rings. The van der Waals surface area contributed by atoms with Crippen molar-refractivity contribution in [1.29, 1.82) is 0 Å². The highest BCUT2D eigenvalue weighted by Crippen LogP contribution is 2.26. The molecule has 3 N–H and O–H groups in total. The van der Waals surface area contributed by atoms with Crippen molar-refractivity contribution in [2.24, 2.45) is 5.92 Å². The van der Waals surface area contributed by atoms with Crippen LogP contribution in [0.1, 0.15) is 63.9 Å². The van der Waals surface area contributed by atoms with Gasteiger partial charge in [0.25, 0.3) is 0 Å². The van der Waals surface area contributed by atoms with Crippen LogP contribution in [0.25, 0.3) is 0 Å². The zero-order valence-electron chi connectivity index (χ0n) is 15.5. The monoisotopic (exact) mass is 360 g/mol. The van der Waals surface area contributed by atoms with Crippen molar-refractivity contribution in [3.63, 3.8) is 0 Å². The molecule has 2 amide bonds. The van der Waals surface area contributed by atoms with Crippen LogP contribution in [0.15, 0.2) is 24.3 Å². The van der Waals surface area contributed by atoms with Crippen molar-refractivity contribution in [2.45, 2.75) is 64.3 Å². The number of rotatable bonds is 7. The summed E-state index contributed by atoms with van der Waals surface area (Å²) < 4.78 is 0. The third kappa shape index (κ3) is 5.86. The molecular weight excluding hydrogens is 332 g/mol. The Morgan fingerprint density at radius 3 is 2.27 bits per heavy atom. The Morgan fingerprint density at radius 2 is 1.69 bits per heavy atom. The molecule has 2 unspecified atom stereocenters. The van der Waals surface area contributed by atoms with Crippen LogP contribution in [-0.4, -0.2) is 28.9 Å². The van der Waals surface area contributed by atoms with Gasteiger partial charge in [0.1, 0.15) is 6.04 Å². The SMILES string of the molecule is CC(NC(=O)CC1CCCCC1)C(=O)Nc1ccc(C(C)C(=O)O)cc1. The lowest BCUT2D eigenvalue weighted by Gasteiger charge is -2.22. The summed E-state index contributed by atoms with van der Waals surface area (Å²) >= 11 is 0. The average Bonchev–Trinajstić information content (AvgIpc) is 2.62. The standard InChI is InChI=1S/C20H28N2O4/c1-13(20(25)26)16-8-10-17(11-9-16)22-19(24)14(2)21-18(23)12-15-6-4-3-5-7-15/h8-11,13-15H,3-7,12H2,1-2H3,(H,21,23)(H,22,24)(H,25,26). The summed E-state index contributed by atoms with van der Waals surface area (Å²) in [6.45, 7) is 3.27. The van der Waals surface area contributed by atoms with Crippen LogP contribution >= 0.6 is 0 Å². The molecule has 6 nitrogen and oxygen atoms in total. The lowest BCUT2D eigenvalue weighted by Crippen LogP contribution is -2.42. The van der Waals surface area contributed by atoms with E-state index >= 15 is 0 Å². The van der Waals surface area contributed by atoms with Gasteiger partial charge in [-0.05, 0) is 50.3 Å². The molecule has 142 valence electrons. The molecule has 0 aliphatic heterocycles. The third-order valence-electron chi connectivity index (χ3n) is 5.02. The molecule has 1 saturated carbocycles. The fourth-order valence-corrected chi connectivity index (χ4v) is 3.27. The maximum atomic E-state index is 12.2. The number of nitrogens with one attached hydrogen (secondary N) is 2. The highest BCUT2D eigenvalue weighted by atomic mass is 16.4. The van der Waals surface area contributed by atoms with E-state index in [4.69, 9.17) is 5.11 Å². The number of aliphatic carboxylic acids is 1. The molecular formula is C20H28N2O4. The smallest absolute Gasteiger partial charge is 0.310 e. The number of carbonyl (C=O) groups is 3. The average molecular weight is 360 g/mol. The van der Waals surface area contributed by atoms with Crippen molar-refractivity contribution in [3.8, 4) is 0 Å². The van der Waals surface area contributed by atoms with Gasteiger partial charge >= 0.3 is 5.97 Å². The summed E-state index contributed by atoms with van der Waals surface area (Å²) in [5, 5.41) is 14.5. The quantitative estimate of drug-likeness (QED) is 0.695. The van der Waals surface area contributed by atoms with Gasteiger partial charge in [-0.3, -0.25) is 14.4 Å². The highest BCUT2D eigenvalue weighted by Gasteiger charge is 2.20. The molecule has 1 aliphatic rings. The Hall–Kier alpha value is -2.37. The summed E-state index contributed by atoms with van der Waals surface area (Å²) in [7, 11) is 0. The van der Waals surface area contributed by atoms with Gasteiger partial charge in [-0.2, -0.15) is 0 Å². The molecule has 6 heteroatoms. The van der Waals surface area contributed by atoms with E-state index in [1.54, 1.807) is 38.1 Å². The molecule has 0 saturated heterocycles. The van der Waals surface area contributed by atoms with Crippen molar-refractivity contribution >= 4 is 23.5 Å². The van der Waals surface area contributed by atoms with Crippen molar-refractivity contribution < 1.29 is 19.5 Å². The largest absolute Gasteiger partial charge is 0.481 e. The summed E-state index contributed by atoms with van der Waals surface area (Å²) in [4.78, 5) is 35.3. The highest BCUT2D eigenvalue weighted by molar-refractivity contribution is 5.96. The Balaban J connectivity index is 1.82. The van der Waals surface area contributed by atoms with Crippen molar-refractivity contribution in [1.82, 2.24) is 5.32 Å². The molecule has 1 aliphatic carbocycles. The zero-order chi connectivity index (χ0) is 19.1. The van der Waals surface area contributed by atoms with Gasteiger partial charge < -0.3 is 15.7 Å². The molecule has 1 fully saturated rings. The third-order valence-corrected chi connectivity index (χ3v) is 5.02. The van der Waals surface area contributed by atoms with Crippen LogP contribution in [0.2, 0.25) is 0 Å². The summed E-state index contributed by atoms with van der Waals surface area (Å²) in [6, 6.07) is 6.08. The van der Waals surface area contributed by atoms with Gasteiger partial charge in [0, 0.05) is 12.1 Å². The van der Waals surface area contributed by atoms with Gasteiger partial charge in [0.05, 0.1) is 5.92 Å². The number of carbonyl (C=O) groups excluding carboxylic acids is 2. The van der Waals surface area contributed by atoms with E-state index in [1.807, 2.05) is 0 Å². The van der Waals surface area contributed by atoms with Gasteiger partial charge in [0.15, 0.2) is 0 Å². The minimum absolute atomic E-state index is 0.0785. The predicted octanol–water partition coefficient (Wildman–Crippen LogP) is 3.29. The number of amides is 2. The Bertz CT molecular complexity index is 636. The van der Waals surface area contributed by atoms with Crippen LogP contribution in [0.4, 0.5) is 5.69 Å². The van der Waals surface area contributed by atoms with Crippen LogP contribution in [-0.2, 0) is 14.4 Å². The molecule has 0 aromatic heterocycles. The van der Waals surface area contributed by atoms with E-state index in [9.17, 15) is 14.4 Å². The lowest BCUT2D eigenvalue weighted by molar-refractivity contribution is -0.138. The van der Waals surface area contributed by atoms with Crippen LogP contribution in [0.3, 0.4) is 0 Å². The number of hydrogen-bond acceptors (Lipinski definition) is 3. The molecule has 1 aromatic carbocycles. The summed E-state index contributed by atoms with van der Waals surface area (Å²) in [5.41, 5.74) is 1.24. The number of anilines is 1. The predicted molar refractivity (Wildman–Crippen MR) is 99.9 cm³/mol. The first-order valence-electron chi connectivity index (χ1n) is 9.30. The fourth-order valence-electron chi connectivity index (χ4n) is 3.27. The molecule has 26 heavy (non-hydrogen) atoms. The summed E-state index contributed by atoms with van der Waals surface area (Å²) in [6.07, 6.45) is 6.29. The van der Waals surface area contributed by atoms with Crippen LogP contribution < -0.4 is 10.6 Å². The topological polar surface area (TPSA) is 95.5 Å². The van der Waals surface area contributed by atoms with Gasteiger partial charge in [0.2, 0.25) is 11.8 Å². The van der Waals surface area contributed by atoms with E-state index in [0.29, 0.717) is 23.6 Å². The minimum Gasteiger partial charge on any atom is -0.481 e. The second-order valence-electron chi connectivity index (χ2n) is 7.17. The minimum atomic E-state index is -0.893. The first-order valence-corrected chi connectivity index (χ1v) is 9.30. The molecule has 2 atom stereocenters. The zero-order valence-corrected chi connectivity index (χ0v) is 15.5. The van der Waals surface area contributed by atoms with E-state index in [0.717, 1.165) is 12.8 Å². The normalized spacial score (nSPS) is 17.2. The second-order valence-corrected chi connectivity index (χ2v) is 7.17. The van der Waals surface area contributed by atoms with Crippen molar-refractivity contribution in [2.75, 3.05) is 5.32 Å². The maximum Gasteiger partial charge on any atom is 0.310 e. The maximum absolute atomic E-state index is 12.2. The van der Waals surface area contributed by atoms with E-state index in [-0.39, 0.29) is 11.8 Å². The lowest BCUT2D eigenvalue weighted by atomic mass is 9.87. The van der Waals surface area contributed by atoms with E-state index in [1.165, 1.54) is 19.3 Å². The Morgan fingerprint density at radius 1 is 1.08 bits per heavy atom. The number of hydrogen-bond donors (Lipinski definition) is 3. The van der Waals surface area contributed by atoms with Crippen LogP contribution in [0, 0.1) is 5.92 Å². The van der Waals surface area contributed by atoms with E-state index in [2.05, 4.69) is 10.6 Å². The second kappa shape index (κ2) is 9.36.